The van der Waals surface area contributed by atoms with Crippen molar-refractivity contribution in [2.24, 2.45) is 5.92 Å². The fraction of sp³-hybridized carbons (Fsp3) is 0.600. The molecule has 40 valence electrons. The van der Waals surface area contributed by atoms with Crippen molar-refractivity contribution in [2.45, 2.75) is 13.8 Å². The van der Waals surface area contributed by atoms with Crippen LogP contribution in [0.4, 0.5) is 0 Å². The molecule has 0 N–H and O–H groups in total. The molecule has 0 aliphatic carbocycles. The molecular weight excluding hydrogens is 428 g/mol. The second-order valence-electron chi connectivity index (χ2n) is 1.67. The Kier molecular flexibility index (Phi) is 4.69. The van der Waals surface area contributed by atoms with E-state index in [0.29, 0.717) is 0 Å². The molecule has 0 saturated carbocycles. The van der Waals surface area contributed by atoms with Crippen molar-refractivity contribution in [3.8, 4) is 0 Å². The van der Waals surface area contributed by atoms with Crippen molar-refractivity contribution in [1.29, 1.82) is 0 Å². The van der Waals surface area contributed by atoms with Crippen LogP contribution in [0.3, 0.4) is 0 Å². The van der Waals surface area contributed by atoms with Crippen molar-refractivity contribution in [2.75, 3.05) is 0 Å². The Morgan fingerprint density at radius 3 is 2.00 bits per heavy atom. The van der Waals surface area contributed by atoms with Crippen LogP contribution in [0.25, 0.3) is 0 Å². The van der Waals surface area contributed by atoms with Gasteiger partial charge in [0.2, 0.25) is 0 Å². The number of rotatable bonds is 2. The minimum absolute atomic E-state index is 0.785. The Bertz CT molecular complexity index is 84.1. The molecule has 0 atom stereocenters. The van der Waals surface area contributed by atoms with Crippen LogP contribution < -0.4 is 0 Å². The minimum atomic E-state index is 0.785. The molecule has 0 aromatic rings. The van der Waals surface area contributed by atoms with Gasteiger partial charge in [-0.15, -0.1) is 0 Å². The monoisotopic (exact) mass is 436 g/mol. The van der Waals surface area contributed by atoms with Gasteiger partial charge in [-0.1, -0.05) is 0 Å². The van der Waals surface area contributed by atoms with Crippen LogP contribution >= 0.6 is 0 Å². The second kappa shape index (κ2) is 4.04. The molecule has 0 saturated heterocycles. The Morgan fingerprint density at radius 1 is 1.57 bits per heavy atom. The van der Waals surface area contributed by atoms with E-state index in [1.807, 2.05) is 0 Å². The summed E-state index contributed by atoms with van der Waals surface area (Å²) >= 11 is 3.20. The van der Waals surface area contributed by atoms with Crippen molar-refractivity contribution in [3.63, 3.8) is 0 Å². The first-order chi connectivity index (χ1) is 3.18. The number of hydrogen-bond acceptors (Lipinski definition) is 0. The van der Waals surface area contributed by atoms with Crippen LogP contribution in [0.2, 0.25) is 0 Å². The molecule has 0 amide bonds. The van der Waals surface area contributed by atoms with E-state index < -0.39 is 0 Å². The summed E-state index contributed by atoms with van der Waals surface area (Å²) in [5.74, 6) is 0.785. The molecule has 0 aliphatic rings. The maximum absolute atomic E-state index is 2.28. The van der Waals surface area contributed by atoms with Gasteiger partial charge in [0.25, 0.3) is 0 Å². The summed E-state index contributed by atoms with van der Waals surface area (Å²) in [6.07, 6.45) is 0. The molecule has 0 nitrogen and oxygen atoms in total. The van der Waals surface area contributed by atoms with Crippen molar-refractivity contribution in [3.05, 3.63) is 0 Å². The first kappa shape index (κ1) is 8.12. The van der Waals surface area contributed by atoms with Gasteiger partial charge in [-0.2, -0.15) is 0 Å². The van der Waals surface area contributed by atoms with Crippen LogP contribution in [0.1, 0.15) is 13.8 Å². The van der Waals surface area contributed by atoms with Crippen molar-refractivity contribution >= 4 is 8.30 Å². The molecule has 0 bridgehead atoms. The summed E-state index contributed by atoms with van der Waals surface area (Å²) in [6, 6.07) is 0. The maximum atomic E-state index is 2.28. The van der Waals surface area contributed by atoms with Crippen LogP contribution in [-0.4, -0.2) is 8.30 Å². The van der Waals surface area contributed by atoms with Crippen LogP contribution in [0.15, 0.2) is 0 Å². The zero-order chi connectivity index (χ0) is 5.86. The van der Waals surface area contributed by atoms with E-state index in [0.717, 1.165) is 5.92 Å². The second-order valence-corrected chi connectivity index (χ2v) is 4.22. The van der Waals surface area contributed by atoms with Gasteiger partial charge in [0.05, 0.1) is 0 Å². The van der Waals surface area contributed by atoms with Gasteiger partial charge in [-0.25, -0.2) is 0 Å². The summed E-state index contributed by atoms with van der Waals surface area (Å²) in [4.78, 5) is 0. The molecule has 0 rings (SSSR count). The molecule has 0 aliphatic heterocycles. The van der Waals surface area contributed by atoms with E-state index in [1.54, 1.807) is 42.6 Å². The van der Waals surface area contributed by atoms with E-state index in [2.05, 4.69) is 18.2 Å². The summed E-state index contributed by atoms with van der Waals surface area (Å²) in [7, 11) is 0. The normalized spacial score (nSPS) is 9.00. The fourth-order valence-corrected chi connectivity index (χ4v) is 1.11. The van der Waals surface area contributed by atoms with Gasteiger partial charge in [0.15, 0.2) is 0 Å². The number of hydrogen-bond donors (Lipinski definition) is 0. The zero-order valence-electron chi connectivity index (χ0n) is 4.47. The quantitative estimate of drug-likeness (QED) is 0.599. The third kappa shape index (κ3) is 3.68. The van der Waals surface area contributed by atoms with Crippen LogP contribution in [-0.2, 0) is 38.7 Å². The Hall–Kier alpha value is 1.12. The van der Waals surface area contributed by atoms with E-state index in [9.17, 15) is 0 Å². The molecule has 0 fully saturated rings. The molecule has 0 heterocycles. The van der Waals surface area contributed by atoms with E-state index in [4.69, 9.17) is 0 Å². The van der Waals surface area contributed by atoms with Gasteiger partial charge < -0.3 is 0 Å². The van der Waals surface area contributed by atoms with Gasteiger partial charge in [0, 0.05) is 0 Å². The molecule has 0 spiro atoms. The molecule has 2 heteroatoms. The van der Waals surface area contributed by atoms with Crippen molar-refractivity contribution < 1.29 is 38.7 Å². The van der Waals surface area contributed by atoms with Gasteiger partial charge in [0.1, 0.15) is 0 Å². The van der Waals surface area contributed by atoms with Gasteiger partial charge >= 0.3 is 66.8 Å². The van der Waals surface area contributed by atoms with Crippen molar-refractivity contribution in [1.82, 2.24) is 0 Å². The fourth-order valence-electron chi connectivity index (χ4n) is 0.136. The van der Waals surface area contributed by atoms with E-state index in [-0.39, 0.29) is 0 Å². The third-order valence-corrected chi connectivity index (χ3v) is 6.04. The predicted octanol–water partition coefficient (Wildman–Crippen LogP) is 0.711. The summed E-state index contributed by atoms with van der Waals surface area (Å²) in [5, 5.41) is 0. The zero-order valence-corrected chi connectivity index (χ0v) is 10.3. The average Bonchev–Trinajstić information content (AvgIpc) is 1.65. The molecular formula is C5H8W2. The predicted molar refractivity (Wildman–Crippen MR) is 25.9 cm³/mol. The standard InChI is InChI=1S/C5H8.2W/c1-4-5(2)3;;/h1,5H,2-3H3;;. The Balaban J connectivity index is 3.56. The Labute approximate surface area is 66.5 Å². The van der Waals surface area contributed by atoms with Crippen LogP contribution in [0.5, 0.6) is 0 Å². The summed E-state index contributed by atoms with van der Waals surface area (Å²) < 4.78 is 3.87. The molecule has 0 unspecified atom stereocenters. The molecule has 0 radical (unpaired) electrons. The van der Waals surface area contributed by atoms with Crippen LogP contribution in [0, 0.1) is 5.92 Å². The summed E-state index contributed by atoms with van der Waals surface area (Å²) in [6.45, 7) is 4.48. The summed E-state index contributed by atoms with van der Waals surface area (Å²) in [5.41, 5.74) is 0. The Morgan fingerprint density at radius 2 is 2.00 bits per heavy atom. The molecule has 0 aromatic heterocycles. The first-order valence-electron chi connectivity index (χ1n) is 2.17. The molecule has 7 heavy (non-hydrogen) atoms. The van der Waals surface area contributed by atoms with Gasteiger partial charge in [-0.05, 0) is 0 Å². The SMILES string of the molecule is CC(C)[C](=[W])[CH]=[W]. The van der Waals surface area contributed by atoms with E-state index in [1.165, 1.54) is 0 Å². The first-order valence-corrected chi connectivity index (χ1v) is 5.33. The van der Waals surface area contributed by atoms with E-state index >= 15 is 0 Å². The third-order valence-electron chi connectivity index (χ3n) is 0.685. The molecule has 0 aromatic carbocycles. The van der Waals surface area contributed by atoms with Gasteiger partial charge in [-0.3, -0.25) is 0 Å². The topological polar surface area (TPSA) is 0 Å². The average molecular weight is 436 g/mol.